The Morgan fingerprint density at radius 1 is 1.63 bits per heavy atom. The summed E-state index contributed by atoms with van der Waals surface area (Å²) in [6.07, 6.45) is 2.55. The van der Waals surface area contributed by atoms with E-state index in [1.54, 1.807) is 23.2 Å². The zero-order chi connectivity index (χ0) is 13.8. The summed E-state index contributed by atoms with van der Waals surface area (Å²) in [6, 6.07) is 3.80. The average molecular weight is 263 g/mol. The van der Waals surface area contributed by atoms with Crippen molar-refractivity contribution >= 4 is 11.7 Å². The molecule has 1 atom stereocenters. The number of carbonyl (C=O) groups is 1. The molecule has 1 saturated heterocycles. The summed E-state index contributed by atoms with van der Waals surface area (Å²) >= 11 is 0. The van der Waals surface area contributed by atoms with Gasteiger partial charge in [0.2, 0.25) is 0 Å². The number of hydrogen-bond acceptors (Lipinski definition) is 4. The molecule has 1 aromatic heterocycles. The van der Waals surface area contributed by atoms with Crippen LogP contribution in [0.4, 0.5) is 5.82 Å². The number of hydrogen-bond donors (Lipinski definition) is 2. The Balaban J connectivity index is 2.15. The fourth-order valence-corrected chi connectivity index (χ4v) is 2.30. The highest BCUT2D eigenvalue weighted by molar-refractivity contribution is 5.98. The number of amides is 1. The third-order valence-electron chi connectivity index (χ3n) is 3.29. The Labute approximate surface area is 113 Å². The predicted molar refractivity (Wildman–Crippen MR) is 74.1 cm³/mol. The van der Waals surface area contributed by atoms with Gasteiger partial charge in [-0.3, -0.25) is 4.79 Å². The zero-order valence-electron chi connectivity index (χ0n) is 11.5. The molecule has 0 spiro atoms. The molecule has 2 heterocycles. The Morgan fingerprint density at radius 2 is 2.42 bits per heavy atom. The number of nitrogens with zero attached hydrogens (tertiary/aromatic N) is 2. The minimum atomic E-state index is -0.00722. The first-order valence-electron chi connectivity index (χ1n) is 6.73. The number of likely N-dealkylation sites (tertiary alicyclic amines) is 1. The maximum absolute atomic E-state index is 12.5. The van der Waals surface area contributed by atoms with Crippen molar-refractivity contribution in [3.8, 4) is 0 Å². The smallest absolute Gasteiger partial charge is 0.257 e. The van der Waals surface area contributed by atoms with Crippen LogP contribution in [0.5, 0.6) is 0 Å². The summed E-state index contributed by atoms with van der Waals surface area (Å²) in [6.45, 7) is 5.51. The molecular weight excluding hydrogens is 242 g/mol. The maximum Gasteiger partial charge on any atom is 0.257 e. The zero-order valence-corrected chi connectivity index (χ0v) is 11.5. The van der Waals surface area contributed by atoms with Crippen LogP contribution in [-0.4, -0.2) is 46.6 Å². The summed E-state index contributed by atoms with van der Waals surface area (Å²) < 4.78 is 0. The molecular formula is C14H21N3O2. The third kappa shape index (κ3) is 3.23. The summed E-state index contributed by atoms with van der Waals surface area (Å²) in [5.41, 5.74) is 0.606. The van der Waals surface area contributed by atoms with Gasteiger partial charge in [0.25, 0.3) is 5.91 Å². The van der Waals surface area contributed by atoms with Crippen molar-refractivity contribution in [2.24, 2.45) is 5.92 Å². The van der Waals surface area contributed by atoms with E-state index in [1.165, 1.54) is 0 Å². The molecule has 2 N–H and O–H groups in total. The van der Waals surface area contributed by atoms with Crippen molar-refractivity contribution in [3.05, 3.63) is 23.9 Å². The van der Waals surface area contributed by atoms with Gasteiger partial charge in [0.05, 0.1) is 5.56 Å². The molecule has 0 radical (unpaired) electrons. The molecule has 5 nitrogen and oxygen atoms in total. The molecule has 5 heteroatoms. The van der Waals surface area contributed by atoms with Crippen molar-refractivity contribution in [2.45, 2.75) is 26.3 Å². The lowest BCUT2D eigenvalue weighted by Crippen LogP contribution is -2.30. The van der Waals surface area contributed by atoms with Gasteiger partial charge in [-0.1, -0.05) is 0 Å². The number of pyridine rings is 1. The minimum absolute atomic E-state index is 0.00722. The molecule has 1 unspecified atom stereocenters. The predicted octanol–water partition coefficient (Wildman–Crippen LogP) is 1.36. The van der Waals surface area contributed by atoms with Crippen LogP contribution in [0, 0.1) is 5.92 Å². The van der Waals surface area contributed by atoms with Gasteiger partial charge in [-0.05, 0) is 32.4 Å². The standard InChI is InChI=1S/C14H21N3O2/c1-10(2)16-13-12(4-3-6-15-13)14(19)17-7-5-11(8-17)9-18/h3-4,6,10-11,18H,5,7-9H2,1-2H3,(H,15,16). The van der Waals surface area contributed by atoms with E-state index >= 15 is 0 Å². The van der Waals surface area contributed by atoms with Gasteiger partial charge in [0.15, 0.2) is 0 Å². The molecule has 0 aromatic carbocycles. The van der Waals surface area contributed by atoms with Crippen LogP contribution in [0.1, 0.15) is 30.6 Å². The summed E-state index contributed by atoms with van der Waals surface area (Å²) in [7, 11) is 0. The molecule has 2 rings (SSSR count). The Morgan fingerprint density at radius 3 is 3.05 bits per heavy atom. The second kappa shape index (κ2) is 6.02. The monoisotopic (exact) mass is 263 g/mol. The lowest BCUT2D eigenvalue weighted by Gasteiger charge is -2.19. The van der Waals surface area contributed by atoms with E-state index in [-0.39, 0.29) is 24.5 Å². The first kappa shape index (κ1) is 13.8. The maximum atomic E-state index is 12.5. The van der Waals surface area contributed by atoms with Crippen LogP contribution in [0.2, 0.25) is 0 Å². The number of nitrogens with one attached hydrogen (secondary N) is 1. The van der Waals surface area contributed by atoms with Crippen molar-refractivity contribution in [2.75, 3.05) is 25.0 Å². The fraction of sp³-hybridized carbons (Fsp3) is 0.571. The van der Waals surface area contributed by atoms with E-state index in [0.29, 0.717) is 24.5 Å². The molecule has 1 fully saturated rings. The quantitative estimate of drug-likeness (QED) is 0.860. The number of aliphatic hydroxyl groups is 1. The van der Waals surface area contributed by atoms with E-state index in [9.17, 15) is 4.79 Å². The number of aliphatic hydroxyl groups excluding tert-OH is 1. The number of aromatic nitrogens is 1. The van der Waals surface area contributed by atoms with E-state index < -0.39 is 0 Å². The molecule has 0 saturated carbocycles. The van der Waals surface area contributed by atoms with E-state index in [0.717, 1.165) is 6.42 Å². The van der Waals surface area contributed by atoms with E-state index in [4.69, 9.17) is 5.11 Å². The Hall–Kier alpha value is -1.62. The number of anilines is 1. The highest BCUT2D eigenvalue weighted by atomic mass is 16.3. The van der Waals surface area contributed by atoms with Gasteiger partial charge in [0, 0.05) is 37.9 Å². The first-order valence-corrected chi connectivity index (χ1v) is 6.73. The van der Waals surface area contributed by atoms with Crippen LogP contribution in [0.15, 0.2) is 18.3 Å². The summed E-state index contributed by atoms with van der Waals surface area (Å²) in [4.78, 5) is 18.5. The van der Waals surface area contributed by atoms with E-state index in [2.05, 4.69) is 10.3 Å². The lowest BCUT2D eigenvalue weighted by molar-refractivity contribution is 0.0782. The van der Waals surface area contributed by atoms with E-state index in [1.807, 2.05) is 13.8 Å². The van der Waals surface area contributed by atoms with Crippen molar-refractivity contribution in [1.29, 1.82) is 0 Å². The Bertz CT molecular complexity index is 448. The van der Waals surface area contributed by atoms with Gasteiger partial charge in [-0.15, -0.1) is 0 Å². The van der Waals surface area contributed by atoms with Gasteiger partial charge in [-0.2, -0.15) is 0 Å². The van der Waals surface area contributed by atoms with Crippen molar-refractivity contribution < 1.29 is 9.90 Å². The number of carbonyl (C=O) groups excluding carboxylic acids is 1. The third-order valence-corrected chi connectivity index (χ3v) is 3.29. The van der Waals surface area contributed by atoms with Crippen LogP contribution < -0.4 is 5.32 Å². The van der Waals surface area contributed by atoms with Crippen LogP contribution in [-0.2, 0) is 0 Å². The molecule has 1 aliphatic rings. The molecule has 1 amide bonds. The van der Waals surface area contributed by atoms with Gasteiger partial charge in [0.1, 0.15) is 5.82 Å². The highest BCUT2D eigenvalue weighted by Crippen LogP contribution is 2.21. The van der Waals surface area contributed by atoms with Crippen molar-refractivity contribution in [3.63, 3.8) is 0 Å². The average Bonchev–Trinajstić information content (AvgIpc) is 2.86. The SMILES string of the molecule is CC(C)Nc1ncccc1C(=O)N1CCC(CO)C1. The summed E-state index contributed by atoms with van der Waals surface area (Å²) in [5, 5.41) is 12.3. The second-order valence-electron chi connectivity index (χ2n) is 5.29. The van der Waals surface area contributed by atoms with Gasteiger partial charge < -0.3 is 15.3 Å². The summed E-state index contributed by atoms with van der Waals surface area (Å²) in [5.74, 6) is 0.837. The minimum Gasteiger partial charge on any atom is -0.396 e. The van der Waals surface area contributed by atoms with Gasteiger partial charge >= 0.3 is 0 Å². The topological polar surface area (TPSA) is 65.5 Å². The molecule has 19 heavy (non-hydrogen) atoms. The first-order chi connectivity index (χ1) is 9.11. The Kier molecular flexibility index (Phi) is 4.37. The molecule has 0 bridgehead atoms. The van der Waals surface area contributed by atoms with Gasteiger partial charge in [-0.25, -0.2) is 4.98 Å². The molecule has 0 aliphatic carbocycles. The normalized spacial score (nSPS) is 18.9. The molecule has 1 aliphatic heterocycles. The van der Waals surface area contributed by atoms with Crippen LogP contribution in [0.25, 0.3) is 0 Å². The lowest BCUT2D eigenvalue weighted by atomic mass is 10.1. The second-order valence-corrected chi connectivity index (χ2v) is 5.29. The molecule has 104 valence electrons. The highest BCUT2D eigenvalue weighted by Gasteiger charge is 2.27. The van der Waals surface area contributed by atoms with Crippen LogP contribution >= 0.6 is 0 Å². The molecule has 1 aromatic rings. The van der Waals surface area contributed by atoms with Crippen LogP contribution in [0.3, 0.4) is 0 Å². The van der Waals surface area contributed by atoms with Crippen molar-refractivity contribution in [1.82, 2.24) is 9.88 Å². The fourth-order valence-electron chi connectivity index (χ4n) is 2.30. The number of rotatable bonds is 4. The largest absolute Gasteiger partial charge is 0.396 e.